The standard InChI is InChI=1S/C16H17ClFNO/c1-11(5-6-12-7-9-13(20)10-8-12)19-15-4-2-3-14(17)16(15)18/h2-4,7-11,19-20H,5-6H2,1H3. The van der Waals surface area contributed by atoms with Gasteiger partial charge in [0.2, 0.25) is 0 Å². The van der Waals surface area contributed by atoms with E-state index in [1.807, 2.05) is 19.1 Å². The van der Waals surface area contributed by atoms with Crippen LogP contribution in [0.3, 0.4) is 0 Å². The molecule has 20 heavy (non-hydrogen) atoms. The van der Waals surface area contributed by atoms with Crippen LogP contribution in [-0.4, -0.2) is 11.1 Å². The van der Waals surface area contributed by atoms with Gasteiger partial charge >= 0.3 is 0 Å². The van der Waals surface area contributed by atoms with Crippen LogP contribution >= 0.6 is 11.6 Å². The number of aromatic hydroxyl groups is 1. The number of rotatable bonds is 5. The third-order valence-corrected chi connectivity index (χ3v) is 3.45. The van der Waals surface area contributed by atoms with Gasteiger partial charge in [0, 0.05) is 6.04 Å². The molecule has 1 unspecified atom stereocenters. The lowest BCUT2D eigenvalue weighted by Gasteiger charge is -2.16. The molecule has 0 fully saturated rings. The van der Waals surface area contributed by atoms with E-state index in [0.717, 1.165) is 18.4 Å². The van der Waals surface area contributed by atoms with Gasteiger partial charge in [0.25, 0.3) is 0 Å². The van der Waals surface area contributed by atoms with Gasteiger partial charge in [-0.05, 0) is 49.6 Å². The highest BCUT2D eigenvalue weighted by atomic mass is 35.5. The summed E-state index contributed by atoms with van der Waals surface area (Å²) >= 11 is 5.75. The maximum atomic E-state index is 13.7. The Bertz CT molecular complexity index is 571. The number of anilines is 1. The highest BCUT2D eigenvalue weighted by Gasteiger charge is 2.09. The summed E-state index contributed by atoms with van der Waals surface area (Å²) in [5, 5.41) is 12.5. The minimum absolute atomic E-state index is 0.122. The van der Waals surface area contributed by atoms with Crippen LogP contribution in [0.1, 0.15) is 18.9 Å². The molecule has 0 spiro atoms. The molecule has 2 N–H and O–H groups in total. The zero-order valence-electron chi connectivity index (χ0n) is 11.2. The van der Waals surface area contributed by atoms with Crippen LogP contribution in [0.25, 0.3) is 0 Å². The minimum atomic E-state index is -0.411. The van der Waals surface area contributed by atoms with Crippen LogP contribution in [0.2, 0.25) is 5.02 Å². The summed E-state index contributed by atoms with van der Waals surface area (Å²) < 4.78 is 13.7. The zero-order chi connectivity index (χ0) is 14.5. The molecule has 0 bridgehead atoms. The lowest BCUT2D eigenvalue weighted by Crippen LogP contribution is -2.17. The second kappa shape index (κ2) is 6.62. The average molecular weight is 294 g/mol. The molecule has 2 aromatic carbocycles. The van der Waals surface area contributed by atoms with Crippen molar-refractivity contribution in [1.82, 2.24) is 0 Å². The van der Waals surface area contributed by atoms with E-state index in [9.17, 15) is 9.50 Å². The highest BCUT2D eigenvalue weighted by molar-refractivity contribution is 6.31. The molecule has 0 aliphatic rings. The molecule has 0 aliphatic carbocycles. The van der Waals surface area contributed by atoms with E-state index in [1.165, 1.54) is 6.07 Å². The molecular formula is C16H17ClFNO. The van der Waals surface area contributed by atoms with Crippen molar-refractivity contribution in [1.29, 1.82) is 0 Å². The number of halogens is 2. The Morgan fingerprint density at radius 3 is 2.60 bits per heavy atom. The van der Waals surface area contributed by atoms with E-state index in [2.05, 4.69) is 5.32 Å². The molecule has 2 aromatic rings. The maximum absolute atomic E-state index is 13.7. The van der Waals surface area contributed by atoms with E-state index in [-0.39, 0.29) is 16.8 Å². The number of hydrogen-bond donors (Lipinski definition) is 2. The first-order chi connectivity index (χ1) is 9.56. The maximum Gasteiger partial charge on any atom is 0.164 e. The van der Waals surface area contributed by atoms with Crippen molar-refractivity contribution in [3.63, 3.8) is 0 Å². The van der Waals surface area contributed by atoms with Gasteiger partial charge in [0.15, 0.2) is 5.82 Å². The van der Waals surface area contributed by atoms with Crippen LogP contribution in [-0.2, 0) is 6.42 Å². The van der Waals surface area contributed by atoms with E-state index in [4.69, 9.17) is 11.6 Å². The zero-order valence-corrected chi connectivity index (χ0v) is 12.0. The summed E-state index contributed by atoms with van der Waals surface area (Å²) in [6, 6.07) is 12.2. The van der Waals surface area contributed by atoms with Gasteiger partial charge in [-0.3, -0.25) is 0 Å². The first-order valence-electron chi connectivity index (χ1n) is 6.54. The van der Waals surface area contributed by atoms with Crippen molar-refractivity contribution in [3.05, 3.63) is 58.9 Å². The number of phenols is 1. The van der Waals surface area contributed by atoms with Gasteiger partial charge in [0.1, 0.15) is 5.75 Å². The lowest BCUT2D eigenvalue weighted by atomic mass is 10.1. The second-order valence-electron chi connectivity index (χ2n) is 4.85. The van der Waals surface area contributed by atoms with Crippen molar-refractivity contribution in [2.24, 2.45) is 0 Å². The van der Waals surface area contributed by atoms with Crippen molar-refractivity contribution in [2.45, 2.75) is 25.8 Å². The highest BCUT2D eigenvalue weighted by Crippen LogP contribution is 2.23. The van der Waals surface area contributed by atoms with Crippen LogP contribution in [0.15, 0.2) is 42.5 Å². The fraction of sp³-hybridized carbons (Fsp3) is 0.250. The fourth-order valence-electron chi connectivity index (χ4n) is 2.00. The molecule has 106 valence electrons. The van der Waals surface area contributed by atoms with Gasteiger partial charge in [-0.2, -0.15) is 0 Å². The summed E-state index contributed by atoms with van der Waals surface area (Å²) in [7, 11) is 0. The molecule has 0 amide bonds. The predicted octanol–water partition coefficient (Wildman–Crippen LogP) is 4.62. The van der Waals surface area contributed by atoms with Gasteiger partial charge < -0.3 is 10.4 Å². The number of benzene rings is 2. The molecule has 0 radical (unpaired) electrons. The Morgan fingerprint density at radius 2 is 1.90 bits per heavy atom. The molecule has 4 heteroatoms. The van der Waals surface area contributed by atoms with Crippen molar-refractivity contribution in [3.8, 4) is 5.75 Å². The van der Waals surface area contributed by atoms with Crippen LogP contribution in [0.5, 0.6) is 5.75 Å². The van der Waals surface area contributed by atoms with Gasteiger partial charge in [0.05, 0.1) is 10.7 Å². The number of phenolic OH excluding ortho intramolecular Hbond substituents is 1. The van der Waals surface area contributed by atoms with E-state index in [1.54, 1.807) is 24.3 Å². The van der Waals surface area contributed by atoms with Crippen molar-refractivity contribution < 1.29 is 9.50 Å². The monoisotopic (exact) mass is 293 g/mol. The molecule has 0 saturated heterocycles. The van der Waals surface area contributed by atoms with Crippen LogP contribution in [0, 0.1) is 5.82 Å². The minimum Gasteiger partial charge on any atom is -0.508 e. The number of hydrogen-bond acceptors (Lipinski definition) is 2. The van der Waals surface area contributed by atoms with Crippen molar-refractivity contribution in [2.75, 3.05) is 5.32 Å². The Kier molecular flexibility index (Phi) is 4.85. The largest absolute Gasteiger partial charge is 0.508 e. The van der Waals surface area contributed by atoms with E-state index >= 15 is 0 Å². The molecule has 2 nitrogen and oxygen atoms in total. The van der Waals surface area contributed by atoms with Gasteiger partial charge in [-0.25, -0.2) is 4.39 Å². The average Bonchev–Trinajstić information content (AvgIpc) is 2.43. The summed E-state index contributed by atoms with van der Waals surface area (Å²) in [5.74, 6) is -0.147. The Hall–Kier alpha value is -1.74. The van der Waals surface area contributed by atoms with Crippen LogP contribution < -0.4 is 5.32 Å². The predicted molar refractivity (Wildman–Crippen MR) is 80.9 cm³/mol. The van der Waals surface area contributed by atoms with E-state index < -0.39 is 5.82 Å². The van der Waals surface area contributed by atoms with Crippen molar-refractivity contribution >= 4 is 17.3 Å². The summed E-state index contributed by atoms with van der Waals surface area (Å²) in [6.45, 7) is 2.00. The summed E-state index contributed by atoms with van der Waals surface area (Å²) in [5.41, 5.74) is 1.57. The van der Waals surface area contributed by atoms with Gasteiger partial charge in [-0.1, -0.05) is 29.8 Å². The third-order valence-electron chi connectivity index (χ3n) is 3.16. The summed E-state index contributed by atoms with van der Waals surface area (Å²) in [4.78, 5) is 0. The Balaban J connectivity index is 1.91. The molecule has 0 aromatic heterocycles. The summed E-state index contributed by atoms with van der Waals surface area (Å²) in [6.07, 6.45) is 1.72. The lowest BCUT2D eigenvalue weighted by molar-refractivity contribution is 0.475. The molecule has 0 aliphatic heterocycles. The molecule has 0 saturated carbocycles. The molecular weight excluding hydrogens is 277 g/mol. The third kappa shape index (κ3) is 3.87. The van der Waals surface area contributed by atoms with E-state index in [0.29, 0.717) is 5.69 Å². The van der Waals surface area contributed by atoms with Crippen LogP contribution in [0.4, 0.5) is 10.1 Å². The quantitative estimate of drug-likeness (QED) is 0.843. The normalized spacial score (nSPS) is 12.2. The SMILES string of the molecule is CC(CCc1ccc(O)cc1)Nc1cccc(Cl)c1F. The molecule has 0 heterocycles. The Morgan fingerprint density at radius 1 is 1.20 bits per heavy atom. The van der Waals surface area contributed by atoms with Gasteiger partial charge in [-0.15, -0.1) is 0 Å². The number of aryl methyl sites for hydroxylation is 1. The fourth-order valence-corrected chi connectivity index (χ4v) is 2.17. The topological polar surface area (TPSA) is 32.3 Å². The first kappa shape index (κ1) is 14.7. The first-order valence-corrected chi connectivity index (χ1v) is 6.92. The molecule has 2 rings (SSSR count). The number of nitrogens with one attached hydrogen (secondary N) is 1. The molecule has 1 atom stereocenters. The second-order valence-corrected chi connectivity index (χ2v) is 5.26. The smallest absolute Gasteiger partial charge is 0.164 e. The Labute approximate surface area is 123 Å².